The van der Waals surface area contributed by atoms with Crippen molar-refractivity contribution in [2.45, 2.75) is 34.7 Å². The summed E-state index contributed by atoms with van der Waals surface area (Å²) in [4.78, 5) is 43.5. The first kappa shape index (κ1) is 31.3. The zero-order chi connectivity index (χ0) is 31.6. The van der Waals surface area contributed by atoms with Crippen molar-refractivity contribution in [1.82, 2.24) is 0 Å². The van der Waals surface area contributed by atoms with Gasteiger partial charge in [-0.05, 0) is 54.1 Å². The van der Waals surface area contributed by atoms with Gasteiger partial charge >= 0.3 is 17.9 Å². The number of azide groups is 1. The van der Waals surface area contributed by atoms with Crippen LogP contribution in [0.3, 0.4) is 0 Å². The van der Waals surface area contributed by atoms with Crippen LogP contribution in [0.1, 0.15) is 31.1 Å². The number of nitrogens with zero attached hydrogens (tertiary/aromatic N) is 3. The van der Waals surface area contributed by atoms with E-state index in [9.17, 15) is 19.5 Å². The van der Waals surface area contributed by atoms with Crippen molar-refractivity contribution in [3.8, 4) is 0 Å². The molecule has 1 fully saturated rings. The van der Waals surface area contributed by atoms with Gasteiger partial charge in [0.25, 0.3) is 0 Å². The normalized spacial score (nSPS) is 20.7. The molecule has 0 bridgehead atoms. The maximum absolute atomic E-state index is 13.4. The molecule has 5 rings (SSSR count). The van der Waals surface area contributed by atoms with Gasteiger partial charge in [0.2, 0.25) is 0 Å². The van der Waals surface area contributed by atoms with Gasteiger partial charge in [-0.1, -0.05) is 83.6 Å². The number of aliphatic hydroxyl groups is 1. The number of aliphatic hydroxyl groups excluding tert-OH is 1. The smallest absolute Gasteiger partial charge is 0.338 e. The average molecular weight is 626 g/mol. The predicted octanol–water partition coefficient (Wildman–Crippen LogP) is 6.11. The standard InChI is InChI=1S/C33H27N3O8S/c34-36-35-24-16-18-25(19-17-24)45-33-29(44-32(40)23-14-8-3-9-15-23)28(43-31(39)22-12-6-2-7-13-22)27(26(20-37)41-33)42-30(38)21-10-4-1-5-11-21/h1-19,26-29,33,37H,20H2/t26-,27+,28+,29-,33+/m1/s1. The number of carbonyl (C=O) groups is 3. The second-order valence-corrected chi connectivity index (χ2v) is 10.9. The number of hydrogen-bond acceptors (Lipinski definition) is 10. The van der Waals surface area contributed by atoms with Crippen LogP contribution in [-0.2, 0) is 18.9 Å². The third-order valence-corrected chi connectivity index (χ3v) is 7.93. The molecule has 45 heavy (non-hydrogen) atoms. The highest BCUT2D eigenvalue weighted by molar-refractivity contribution is 7.99. The molecule has 0 spiro atoms. The molecule has 0 aromatic heterocycles. The Bertz CT molecular complexity index is 1650. The summed E-state index contributed by atoms with van der Waals surface area (Å²) in [5.41, 5.74) is 8.75. The first-order valence-corrected chi connectivity index (χ1v) is 14.7. The summed E-state index contributed by atoms with van der Waals surface area (Å²) < 4.78 is 24.0. The predicted molar refractivity (Wildman–Crippen MR) is 164 cm³/mol. The highest BCUT2D eigenvalue weighted by Crippen LogP contribution is 2.38. The van der Waals surface area contributed by atoms with Crippen LogP contribution in [0.4, 0.5) is 5.69 Å². The molecule has 12 heteroatoms. The summed E-state index contributed by atoms with van der Waals surface area (Å²) in [6.45, 7) is -0.613. The molecule has 0 saturated carbocycles. The summed E-state index contributed by atoms with van der Waals surface area (Å²) in [5, 5.41) is 14.0. The molecule has 0 aliphatic carbocycles. The largest absolute Gasteiger partial charge is 0.452 e. The van der Waals surface area contributed by atoms with Gasteiger partial charge in [-0.2, -0.15) is 0 Å². The van der Waals surface area contributed by atoms with Crippen LogP contribution in [0.5, 0.6) is 0 Å². The zero-order valence-electron chi connectivity index (χ0n) is 23.6. The lowest BCUT2D eigenvalue weighted by Crippen LogP contribution is -2.61. The first-order chi connectivity index (χ1) is 22.0. The SMILES string of the molecule is [N-]=[N+]=Nc1ccc(S[C@@H]2O[C@H](CO)[C@H](OC(=O)c3ccccc3)[C@H](OC(=O)c3ccccc3)[C@H]2OC(=O)c2ccccc2)cc1. The molecule has 0 radical (unpaired) electrons. The summed E-state index contributed by atoms with van der Waals surface area (Å²) in [6, 6.07) is 31.1. The van der Waals surface area contributed by atoms with Gasteiger partial charge < -0.3 is 24.1 Å². The van der Waals surface area contributed by atoms with E-state index < -0.39 is 54.4 Å². The van der Waals surface area contributed by atoms with E-state index in [2.05, 4.69) is 10.0 Å². The fraction of sp³-hybridized carbons (Fsp3) is 0.182. The zero-order valence-corrected chi connectivity index (χ0v) is 24.4. The number of carbonyl (C=O) groups excluding carboxylic acids is 3. The van der Waals surface area contributed by atoms with Crippen LogP contribution in [0.25, 0.3) is 10.4 Å². The molecule has 4 aromatic carbocycles. The summed E-state index contributed by atoms with van der Waals surface area (Å²) in [7, 11) is 0. The van der Waals surface area contributed by atoms with Gasteiger partial charge in [-0.25, -0.2) is 14.4 Å². The second-order valence-electron chi connectivity index (χ2n) is 9.73. The van der Waals surface area contributed by atoms with Gasteiger partial charge in [0, 0.05) is 15.5 Å². The molecule has 1 aliphatic rings. The van der Waals surface area contributed by atoms with Crippen molar-refractivity contribution in [3.63, 3.8) is 0 Å². The molecular formula is C33H27N3O8S. The van der Waals surface area contributed by atoms with E-state index in [0.29, 0.717) is 10.6 Å². The number of thioether (sulfide) groups is 1. The molecule has 1 N–H and O–H groups in total. The summed E-state index contributed by atoms with van der Waals surface area (Å²) in [5.74, 6) is -2.25. The number of esters is 3. The van der Waals surface area contributed by atoms with Crippen molar-refractivity contribution in [1.29, 1.82) is 0 Å². The lowest BCUT2D eigenvalue weighted by atomic mass is 9.98. The van der Waals surface area contributed by atoms with Gasteiger partial charge in [-0.3, -0.25) is 0 Å². The second kappa shape index (κ2) is 15.0. The topological polar surface area (TPSA) is 157 Å². The van der Waals surface area contributed by atoms with E-state index in [-0.39, 0.29) is 16.7 Å². The molecule has 0 unspecified atom stereocenters. The Labute approximate surface area is 262 Å². The Hall–Kier alpha value is -5.13. The van der Waals surface area contributed by atoms with E-state index in [1.165, 1.54) is 0 Å². The maximum atomic E-state index is 13.4. The van der Waals surface area contributed by atoms with Crippen LogP contribution in [0, 0.1) is 0 Å². The van der Waals surface area contributed by atoms with Gasteiger partial charge in [0.05, 0.1) is 23.3 Å². The van der Waals surface area contributed by atoms with Crippen LogP contribution in [0.15, 0.2) is 125 Å². The van der Waals surface area contributed by atoms with Crippen molar-refractivity contribution in [2.75, 3.05) is 6.61 Å². The molecule has 1 aliphatic heterocycles. The molecule has 228 valence electrons. The van der Waals surface area contributed by atoms with E-state index in [1.807, 2.05) is 0 Å². The lowest BCUT2D eigenvalue weighted by molar-refractivity contribution is -0.207. The highest BCUT2D eigenvalue weighted by atomic mass is 32.2. The van der Waals surface area contributed by atoms with Gasteiger partial charge in [0.15, 0.2) is 18.3 Å². The molecule has 1 heterocycles. The number of benzene rings is 4. The first-order valence-electron chi connectivity index (χ1n) is 13.8. The average Bonchev–Trinajstić information content (AvgIpc) is 3.09. The van der Waals surface area contributed by atoms with Crippen molar-refractivity contribution >= 4 is 35.4 Å². The van der Waals surface area contributed by atoms with Crippen LogP contribution >= 0.6 is 11.8 Å². The Morgan fingerprint density at radius 2 is 1.13 bits per heavy atom. The lowest BCUT2D eigenvalue weighted by Gasteiger charge is -2.44. The molecule has 1 saturated heterocycles. The summed E-state index contributed by atoms with van der Waals surface area (Å²) >= 11 is 1.12. The Morgan fingerprint density at radius 3 is 1.58 bits per heavy atom. The van der Waals surface area contributed by atoms with Crippen molar-refractivity contribution in [2.24, 2.45) is 5.11 Å². The van der Waals surface area contributed by atoms with Crippen LogP contribution in [-0.4, -0.2) is 59.5 Å². The fourth-order valence-corrected chi connectivity index (χ4v) is 5.70. The minimum Gasteiger partial charge on any atom is -0.452 e. The van der Waals surface area contributed by atoms with Crippen LogP contribution < -0.4 is 0 Å². The molecule has 0 amide bonds. The monoisotopic (exact) mass is 625 g/mol. The Balaban J connectivity index is 1.54. The van der Waals surface area contributed by atoms with E-state index in [1.54, 1.807) is 115 Å². The highest BCUT2D eigenvalue weighted by Gasteiger charge is 2.52. The van der Waals surface area contributed by atoms with Crippen LogP contribution in [0.2, 0.25) is 0 Å². The number of rotatable bonds is 10. The van der Waals surface area contributed by atoms with Crippen molar-refractivity contribution < 1.29 is 38.4 Å². The summed E-state index contributed by atoms with van der Waals surface area (Å²) in [6.07, 6.45) is -5.25. The minimum absolute atomic E-state index is 0.212. The molecule has 11 nitrogen and oxygen atoms in total. The van der Waals surface area contributed by atoms with E-state index in [4.69, 9.17) is 24.5 Å². The van der Waals surface area contributed by atoms with E-state index >= 15 is 0 Å². The van der Waals surface area contributed by atoms with E-state index in [0.717, 1.165) is 11.8 Å². The molecule has 4 aromatic rings. The fourth-order valence-electron chi connectivity index (χ4n) is 4.60. The quantitative estimate of drug-likeness (QED) is 0.0721. The van der Waals surface area contributed by atoms with Gasteiger partial charge in [-0.15, -0.1) is 0 Å². The number of hydrogen-bond donors (Lipinski definition) is 1. The third kappa shape index (κ3) is 7.88. The Kier molecular flexibility index (Phi) is 10.5. The Morgan fingerprint density at radius 1 is 0.689 bits per heavy atom. The number of ether oxygens (including phenoxy) is 4. The molecule has 5 atom stereocenters. The van der Waals surface area contributed by atoms with Gasteiger partial charge in [0.1, 0.15) is 11.5 Å². The minimum atomic E-state index is -1.40. The van der Waals surface area contributed by atoms with Crippen molar-refractivity contribution in [3.05, 3.63) is 142 Å². The molecular weight excluding hydrogens is 598 g/mol. The maximum Gasteiger partial charge on any atom is 0.338 e. The third-order valence-electron chi connectivity index (χ3n) is 6.78.